The monoisotopic (exact) mass is 292 g/mol. The van der Waals surface area contributed by atoms with Crippen molar-refractivity contribution in [3.63, 3.8) is 0 Å². The van der Waals surface area contributed by atoms with Crippen LogP contribution in [0.5, 0.6) is 5.75 Å². The minimum atomic E-state index is 0.0344. The van der Waals surface area contributed by atoms with Crippen LogP contribution in [0.4, 0.5) is 0 Å². The standard InChI is InChI=1S/C17H28N2O2/c1-4-10-18-11-12-19-17(20)9-13-21-16-7-5-15(6-8-16)14(2)3/h5-8,14,18H,4,9-13H2,1-3H3,(H,19,20). The van der Waals surface area contributed by atoms with Gasteiger partial charge in [-0.15, -0.1) is 0 Å². The van der Waals surface area contributed by atoms with E-state index in [1.165, 1.54) is 5.56 Å². The number of ether oxygens (including phenoxy) is 1. The van der Waals surface area contributed by atoms with Crippen molar-refractivity contribution in [2.24, 2.45) is 0 Å². The van der Waals surface area contributed by atoms with E-state index in [1.54, 1.807) is 0 Å². The highest BCUT2D eigenvalue weighted by Gasteiger charge is 2.02. The highest BCUT2D eigenvalue weighted by molar-refractivity contribution is 5.75. The van der Waals surface area contributed by atoms with Crippen LogP contribution in [-0.4, -0.2) is 32.1 Å². The summed E-state index contributed by atoms with van der Waals surface area (Å²) in [6.45, 7) is 9.33. The average Bonchev–Trinajstić information content (AvgIpc) is 2.47. The molecule has 1 amide bonds. The molecule has 0 fully saturated rings. The molecule has 0 aromatic heterocycles. The summed E-state index contributed by atoms with van der Waals surface area (Å²) in [5.41, 5.74) is 1.29. The first kappa shape index (κ1) is 17.5. The Labute approximate surface area is 128 Å². The quantitative estimate of drug-likeness (QED) is 0.652. The Hall–Kier alpha value is -1.55. The first-order chi connectivity index (χ1) is 10.1. The number of hydrogen-bond donors (Lipinski definition) is 2. The first-order valence-electron chi connectivity index (χ1n) is 7.83. The molecule has 0 spiro atoms. The van der Waals surface area contributed by atoms with Gasteiger partial charge in [0.25, 0.3) is 0 Å². The molecule has 2 N–H and O–H groups in total. The summed E-state index contributed by atoms with van der Waals surface area (Å²) in [4.78, 5) is 11.6. The molecule has 0 saturated carbocycles. The van der Waals surface area contributed by atoms with Gasteiger partial charge in [0.2, 0.25) is 5.91 Å². The predicted octanol–water partition coefficient (Wildman–Crippen LogP) is 2.69. The predicted molar refractivity (Wildman–Crippen MR) is 86.8 cm³/mol. The number of benzene rings is 1. The number of carbonyl (C=O) groups is 1. The lowest BCUT2D eigenvalue weighted by molar-refractivity contribution is -0.121. The van der Waals surface area contributed by atoms with Crippen LogP contribution in [0.3, 0.4) is 0 Å². The lowest BCUT2D eigenvalue weighted by Gasteiger charge is -2.09. The average molecular weight is 292 g/mol. The van der Waals surface area contributed by atoms with Crippen molar-refractivity contribution in [3.05, 3.63) is 29.8 Å². The molecule has 21 heavy (non-hydrogen) atoms. The van der Waals surface area contributed by atoms with Crippen LogP contribution in [-0.2, 0) is 4.79 Å². The minimum absolute atomic E-state index is 0.0344. The number of hydrogen-bond acceptors (Lipinski definition) is 3. The van der Waals surface area contributed by atoms with Crippen molar-refractivity contribution in [2.75, 3.05) is 26.2 Å². The van der Waals surface area contributed by atoms with Crippen molar-refractivity contribution in [1.29, 1.82) is 0 Å². The van der Waals surface area contributed by atoms with Crippen LogP contribution in [0, 0.1) is 0 Å². The molecular weight excluding hydrogens is 264 g/mol. The fourth-order valence-electron chi connectivity index (χ4n) is 1.89. The van der Waals surface area contributed by atoms with Gasteiger partial charge in [0, 0.05) is 13.1 Å². The second-order valence-electron chi connectivity index (χ2n) is 5.42. The molecule has 4 nitrogen and oxygen atoms in total. The largest absolute Gasteiger partial charge is 0.493 e. The molecule has 0 aliphatic rings. The van der Waals surface area contributed by atoms with E-state index in [9.17, 15) is 4.79 Å². The van der Waals surface area contributed by atoms with Gasteiger partial charge in [0.1, 0.15) is 5.75 Å². The summed E-state index contributed by atoms with van der Waals surface area (Å²) in [7, 11) is 0. The number of nitrogens with one attached hydrogen (secondary N) is 2. The molecule has 1 rings (SSSR count). The van der Waals surface area contributed by atoms with E-state index in [1.807, 2.05) is 12.1 Å². The molecule has 1 aromatic carbocycles. The molecule has 0 aliphatic heterocycles. The highest BCUT2D eigenvalue weighted by Crippen LogP contribution is 2.18. The molecular formula is C17H28N2O2. The minimum Gasteiger partial charge on any atom is -0.493 e. The Bertz CT molecular complexity index is 402. The van der Waals surface area contributed by atoms with E-state index in [0.29, 0.717) is 25.5 Å². The number of carbonyl (C=O) groups excluding carboxylic acids is 1. The maximum atomic E-state index is 11.6. The van der Waals surface area contributed by atoms with Crippen LogP contribution < -0.4 is 15.4 Å². The van der Waals surface area contributed by atoms with Crippen molar-refractivity contribution in [2.45, 2.75) is 39.5 Å². The van der Waals surface area contributed by atoms with Gasteiger partial charge in [-0.25, -0.2) is 0 Å². The summed E-state index contributed by atoms with van der Waals surface area (Å²) < 4.78 is 5.58. The molecule has 0 bridgehead atoms. The molecule has 0 atom stereocenters. The molecule has 1 aromatic rings. The zero-order valence-electron chi connectivity index (χ0n) is 13.4. The van der Waals surface area contributed by atoms with Gasteiger partial charge >= 0.3 is 0 Å². The van der Waals surface area contributed by atoms with Gasteiger partial charge in [0.05, 0.1) is 13.0 Å². The van der Waals surface area contributed by atoms with Crippen molar-refractivity contribution >= 4 is 5.91 Å². The molecule has 118 valence electrons. The van der Waals surface area contributed by atoms with Gasteiger partial charge in [-0.2, -0.15) is 0 Å². The maximum absolute atomic E-state index is 11.6. The summed E-state index contributed by atoms with van der Waals surface area (Å²) >= 11 is 0. The van der Waals surface area contributed by atoms with Gasteiger partial charge in [0.15, 0.2) is 0 Å². The van der Waals surface area contributed by atoms with E-state index in [4.69, 9.17) is 4.74 Å². The van der Waals surface area contributed by atoms with Crippen LogP contribution in [0.25, 0.3) is 0 Å². The molecule has 0 heterocycles. The van der Waals surface area contributed by atoms with Gasteiger partial charge in [-0.1, -0.05) is 32.9 Å². The second-order valence-corrected chi connectivity index (χ2v) is 5.42. The SMILES string of the molecule is CCCNCCNC(=O)CCOc1ccc(C(C)C)cc1. The molecule has 0 unspecified atom stereocenters. The molecule has 0 saturated heterocycles. The Balaban J connectivity index is 2.13. The van der Waals surface area contributed by atoms with Gasteiger partial charge in [-0.3, -0.25) is 4.79 Å². The molecule has 0 radical (unpaired) electrons. The van der Waals surface area contributed by atoms with E-state index in [-0.39, 0.29) is 5.91 Å². The Morgan fingerprint density at radius 2 is 1.86 bits per heavy atom. The third kappa shape index (κ3) is 7.71. The fraction of sp³-hybridized carbons (Fsp3) is 0.588. The van der Waals surface area contributed by atoms with E-state index < -0.39 is 0 Å². The number of rotatable bonds is 10. The summed E-state index contributed by atoms with van der Waals surface area (Å²) in [6, 6.07) is 8.06. The topological polar surface area (TPSA) is 50.4 Å². The van der Waals surface area contributed by atoms with Crippen LogP contribution in [0.15, 0.2) is 24.3 Å². The van der Waals surface area contributed by atoms with E-state index in [0.717, 1.165) is 25.3 Å². The lowest BCUT2D eigenvalue weighted by atomic mass is 10.0. The van der Waals surface area contributed by atoms with Crippen molar-refractivity contribution in [1.82, 2.24) is 10.6 Å². The van der Waals surface area contributed by atoms with E-state index in [2.05, 4.69) is 43.5 Å². The van der Waals surface area contributed by atoms with Crippen molar-refractivity contribution < 1.29 is 9.53 Å². The number of amides is 1. The third-order valence-corrected chi connectivity index (χ3v) is 3.20. The summed E-state index contributed by atoms with van der Waals surface area (Å²) in [6.07, 6.45) is 1.50. The van der Waals surface area contributed by atoms with Gasteiger partial charge in [-0.05, 0) is 36.6 Å². The van der Waals surface area contributed by atoms with E-state index >= 15 is 0 Å². The Morgan fingerprint density at radius 3 is 2.48 bits per heavy atom. The molecule has 0 aliphatic carbocycles. The van der Waals surface area contributed by atoms with Crippen LogP contribution in [0.1, 0.15) is 45.1 Å². The van der Waals surface area contributed by atoms with Crippen LogP contribution in [0.2, 0.25) is 0 Å². The zero-order chi connectivity index (χ0) is 15.5. The fourth-order valence-corrected chi connectivity index (χ4v) is 1.89. The second kappa shape index (κ2) is 10.2. The summed E-state index contributed by atoms with van der Waals surface area (Å²) in [5.74, 6) is 1.37. The third-order valence-electron chi connectivity index (χ3n) is 3.20. The zero-order valence-corrected chi connectivity index (χ0v) is 13.4. The smallest absolute Gasteiger partial charge is 0.223 e. The Kier molecular flexibility index (Phi) is 8.51. The highest BCUT2D eigenvalue weighted by atomic mass is 16.5. The molecule has 4 heteroatoms. The maximum Gasteiger partial charge on any atom is 0.223 e. The van der Waals surface area contributed by atoms with Crippen LogP contribution >= 0.6 is 0 Å². The normalized spacial score (nSPS) is 10.7. The first-order valence-corrected chi connectivity index (χ1v) is 7.83. The Morgan fingerprint density at radius 1 is 1.14 bits per heavy atom. The van der Waals surface area contributed by atoms with Gasteiger partial charge < -0.3 is 15.4 Å². The lowest BCUT2D eigenvalue weighted by Crippen LogP contribution is -2.32. The summed E-state index contributed by atoms with van der Waals surface area (Å²) in [5, 5.41) is 6.11. The van der Waals surface area contributed by atoms with Crippen molar-refractivity contribution in [3.8, 4) is 5.75 Å².